The van der Waals surface area contributed by atoms with Crippen molar-refractivity contribution in [3.63, 3.8) is 0 Å². The van der Waals surface area contributed by atoms with Crippen molar-refractivity contribution < 1.29 is 24.2 Å². The first-order valence-corrected chi connectivity index (χ1v) is 7.97. The van der Waals surface area contributed by atoms with Gasteiger partial charge in [-0.1, -0.05) is 24.3 Å². The van der Waals surface area contributed by atoms with Crippen molar-refractivity contribution in [3.05, 3.63) is 42.0 Å². The van der Waals surface area contributed by atoms with Crippen LogP contribution in [0.3, 0.4) is 0 Å². The number of anilines is 1. The molecule has 7 nitrogen and oxygen atoms in total. The molecule has 128 valence electrons. The number of aliphatic hydroxyl groups excluding tert-OH is 1. The molecular formula is C18H16N2O5. The van der Waals surface area contributed by atoms with Crippen LogP contribution >= 0.6 is 0 Å². The summed E-state index contributed by atoms with van der Waals surface area (Å²) in [6.45, 7) is 0.352. The van der Waals surface area contributed by atoms with Crippen molar-refractivity contribution in [2.75, 3.05) is 18.6 Å². The monoisotopic (exact) mass is 340 g/mol. The molecule has 0 bridgehead atoms. The lowest BCUT2D eigenvalue weighted by Gasteiger charge is -2.18. The first kappa shape index (κ1) is 15.6. The SMILES string of the molecule is COC(=O)c1ccc(N2C(=O)[C@H]3[C@H](O)CCN3C2=O)c2ccccc12. The van der Waals surface area contributed by atoms with Gasteiger partial charge in [0.1, 0.15) is 6.04 Å². The Hall–Kier alpha value is -2.93. The van der Waals surface area contributed by atoms with E-state index in [1.54, 1.807) is 36.4 Å². The first-order chi connectivity index (χ1) is 12.0. The van der Waals surface area contributed by atoms with Crippen LogP contribution < -0.4 is 4.90 Å². The van der Waals surface area contributed by atoms with Crippen molar-refractivity contribution in [1.82, 2.24) is 4.90 Å². The quantitative estimate of drug-likeness (QED) is 0.662. The average Bonchev–Trinajstić information content (AvgIpc) is 3.13. The van der Waals surface area contributed by atoms with E-state index in [-0.39, 0.29) is 0 Å². The second kappa shape index (κ2) is 5.56. The zero-order valence-corrected chi connectivity index (χ0v) is 13.5. The number of hydrogen-bond acceptors (Lipinski definition) is 5. The lowest BCUT2D eigenvalue weighted by Crippen LogP contribution is -2.36. The molecule has 0 aromatic heterocycles. The van der Waals surface area contributed by atoms with E-state index in [2.05, 4.69) is 0 Å². The number of carbonyl (C=O) groups excluding carboxylic acids is 3. The molecule has 2 fully saturated rings. The third-order valence-electron chi connectivity index (χ3n) is 4.82. The van der Waals surface area contributed by atoms with Crippen LogP contribution in [0, 0.1) is 0 Å². The Morgan fingerprint density at radius 2 is 1.88 bits per heavy atom. The maximum absolute atomic E-state index is 12.7. The highest BCUT2D eigenvalue weighted by molar-refractivity contribution is 6.25. The first-order valence-electron chi connectivity index (χ1n) is 7.97. The van der Waals surface area contributed by atoms with E-state index in [4.69, 9.17) is 4.74 Å². The Morgan fingerprint density at radius 3 is 2.56 bits per heavy atom. The summed E-state index contributed by atoms with van der Waals surface area (Å²) in [4.78, 5) is 39.9. The van der Waals surface area contributed by atoms with Gasteiger partial charge in [0.25, 0.3) is 5.91 Å². The number of methoxy groups -OCH3 is 1. The Labute approximate surface area is 143 Å². The molecule has 0 spiro atoms. The molecule has 0 aliphatic carbocycles. The molecule has 7 heteroatoms. The minimum absolute atomic E-state index is 0.352. The third-order valence-corrected chi connectivity index (χ3v) is 4.82. The molecular weight excluding hydrogens is 324 g/mol. The van der Waals surface area contributed by atoms with Gasteiger partial charge in [-0.2, -0.15) is 0 Å². The van der Waals surface area contributed by atoms with Crippen molar-refractivity contribution in [1.29, 1.82) is 0 Å². The van der Waals surface area contributed by atoms with Crippen LogP contribution in [-0.2, 0) is 9.53 Å². The molecule has 2 heterocycles. The van der Waals surface area contributed by atoms with E-state index >= 15 is 0 Å². The summed E-state index contributed by atoms with van der Waals surface area (Å²) >= 11 is 0. The molecule has 2 atom stereocenters. The topological polar surface area (TPSA) is 87.2 Å². The fraction of sp³-hybridized carbons (Fsp3) is 0.278. The number of esters is 1. The Bertz CT molecular complexity index is 909. The van der Waals surface area contributed by atoms with Crippen LogP contribution in [0.25, 0.3) is 10.8 Å². The van der Waals surface area contributed by atoms with Crippen molar-refractivity contribution in [2.24, 2.45) is 0 Å². The highest BCUT2D eigenvalue weighted by atomic mass is 16.5. The molecule has 2 aromatic rings. The molecule has 0 saturated carbocycles. The lowest BCUT2D eigenvalue weighted by atomic mass is 10.0. The van der Waals surface area contributed by atoms with Gasteiger partial charge in [0.2, 0.25) is 0 Å². The summed E-state index contributed by atoms with van der Waals surface area (Å²) < 4.78 is 4.80. The third kappa shape index (κ3) is 2.12. The van der Waals surface area contributed by atoms with E-state index in [1.165, 1.54) is 12.0 Å². The zero-order chi connectivity index (χ0) is 17.7. The maximum atomic E-state index is 12.7. The predicted molar refractivity (Wildman–Crippen MR) is 89.3 cm³/mol. The van der Waals surface area contributed by atoms with Gasteiger partial charge in [0, 0.05) is 11.9 Å². The molecule has 3 amide bonds. The number of fused-ring (bicyclic) bond motifs is 2. The van der Waals surface area contributed by atoms with Crippen LogP contribution in [0.4, 0.5) is 10.5 Å². The second-order valence-corrected chi connectivity index (χ2v) is 6.12. The zero-order valence-electron chi connectivity index (χ0n) is 13.5. The van der Waals surface area contributed by atoms with Crippen LogP contribution in [-0.4, -0.2) is 53.7 Å². The standard InChI is InChI=1S/C18H16N2O5/c1-25-17(23)12-6-7-13(11-5-3-2-4-10(11)12)20-16(22)15-14(21)8-9-19(15)18(20)24/h2-7,14-15,21H,8-9H2,1H3/t14-,15-/m1/s1. The molecule has 2 aliphatic heterocycles. The molecule has 1 N–H and O–H groups in total. The summed E-state index contributed by atoms with van der Waals surface area (Å²) in [5.41, 5.74) is 0.765. The highest BCUT2D eigenvalue weighted by Gasteiger charge is 2.52. The number of hydrogen-bond donors (Lipinski definition) is 1. The summed E-state index contributed by atoms with van der Waals surface area (Å²) in [5, 5.41) is 11.2. The van der Waals surface area contributed by atoms with Crippen LogP contribution in [0.2, 0.25) is 0 Å². The summed E-state index contributed by atoms with van der Waals surface area (Å²) in [7, 11) is 1.30. The van der Waals surface area contributed by atoms with Gasteiger partial charge < -0.3 is 14.7 Å². The molecule has 2 saturated heterocycles. The van der Waals surface area contributed by atoms with Crippen LogP contribution in [0.15, 0.2) is 36.4 Å². The summed E-state index contributed by atoms with van der Waals surface area (Å²) in [5.74, 6) is -0.927. The number of urea groups is 1. The number of carbonyl (C=O) groups is 3. The molecule has 0 radical (unpaired) electrons. The Balaban J connectivity index is 1.87. The van der Waals surface area contributed by atoms with E-state index in [9.17, 15) is 19.5 Å². The van der Waals surface area contributed by atoms with Gasteiger partial charge in [0.05, 0.1) is 24.5 Å². The minimum Gasteiger partial charge on any atom is -0.465 e. The average molecular weight is 340 g/mol. The maximum Gasteiger partial charge on any atom is 0.338 e. The largest absolute Gasteiger partial charge is 0.465 e. The fourth-order valence-corrected chi connectivity index (χ4v) is 3.63. The summed E-state index contributed by atoms with van der Waals surface area (Å²) in [6.07, 6.45) is -0.445. The number of ether oxygens (including phenoxy) is 1. The van der Waals surface area contributed by atoms with E-state index in [1.807, 2.05) is 0 Å². The number of imide groups is 1. The molecule has 2 aromatic carbocycles. The van der Waals surface area contributed by atoms with Gasteiger partial charge in [0.15, 0.2) is 0 Å². The summed E-state index contributed by atoms with van der Waals surface area (Å²) in [6, 6.07) is 8.88. The minimum atomic E-state index is -0.845. The molecule has 2 aliphatic rings. The number of aliphatic hydroxyl groups is 1. The van der Waals surface area contributed by atoms with Gasteiger partial charge in [-0.15, -0.1) is 0 Å². The van der Waals surface area contributed by atoms with Crippen molar-refractivity contribution in [2.45, 2.75) is 18.6 Å². The lowest BCUT2D eigenvalue weighted by molar-refractivity contribution is -0.121. The van der Waals surface area contributed by atoms with Crippen LogP contribution in [0.5, 0.6) is 0 Å². The number of benzene rings is 2. The predicted octanol–water partition coefficient (Wildman–Crippen LogP) is 1.53. The number of rotatable bonds is 2. The van der Waals surface area contributed by atoms with Gasteiger partial charge in [-0.25, -0.2) is 14.5 Å². The van der Waals surface area contributed by atoms with E-state index < -0.39 is 30.1 Å². The fourth-order valence-electron chi connectivity index (χ4n) is 3.63. The van der Waals surface area contributed by atoms with Crippen LogP contribution in [0.1, 0.15) is 16.8 Å². The second-order valence-electron chi connectivity index (χ2n) is 6.12. The number of nitrogens with zero attached hydrogens (tertiary/aromatic N) is 2. The molecule has 25 heavy (non-hydrogen) atoms. The molecule has 4 rings (SSSR count). The smallest absolute Gasteiger partial charge is 0.338 e. The van der Waals surface area contributed by atoms with Crippen molar-refractivity contribution in [3.8, 4) is 0 Å². The normalized spacial score (nSPS) is 22.6. The van der Waals surface area contributed by atoms with Gasteiger partial charge >= 0.3 is 12.0 Å². The van der Waals surface area contributed by atoms with Gasteiger partial charge in [-0.05, 0) is 23.9 Å². The highest BCUT2D eigenvalue weighted by Crippen LogP contribution is 2.36. The Morgan fingerprint density at radius 1 is 1.16 bits per heavy atom. The Kier molecular flexibility index (Phi) is 3.47. The van der Waals surface area contributed by atoms with Crippen molar-refractivity contribution >= 4 is 34.4 Å². The number of amides is 3. The van der Waals surface area contributed by atoms with E-state index in [0.717, 1.165) is 4.90 Å². The van der Waals surface area contributed by atoms with Gasteiger partial charge in [-0.3, -0.25) is 4.79 Å². The molecule has 0 unspecified atom stereocenters. The van der Waals surface area contributed by atoms with E-state index in [0.29, 0.717) is 35.0 Å².